The zero-order valence-electron chi connectivity index (χ0n) is 16.1. The summed E-state index contributed by atoms with van der Waals surface area (Å²) in [4.78, 5) is 27.1. The van der Waals surface area contributed by atoms with Gasteiger partial charge in [0.1, 0.15) is 11.3 Å². The van der Waals surface area contributed by atoms with Crippen LogP contribution in [0.15, 0.2) is 35.7 Å². The first kappa shape index (κ1) is 20.3. The first-order valence-electron chi connectivity index (χ1n) is 9.37. The van der Waals surface area contributed by atoms with E-state index in [0.717, 1.165) is 25.9 Å². The fourth-order valence-corrected chi connectivity index (χ4v) is 4.36. The maximum absolute atomic E-state index is 12.8. The Hall–Kier alpha value is -2.45. The fraction of sp³-hybridized carbons (Fsp3) is 0.450. The molecule has 0 aliphatic carbocycles. The Kier molecular flexibility index (Phi) is 6.64. The minimum absolute atomic E-state index is 0.0153. The standard InChI is InChI=1S/C20H25N3O4S/c1-14-7-9-22(10-8-14)18(19-4-3-11-28-19)13-21-20(24)16-12-15(27-2)5-6-17(16)23(25)26/h3-6,11-12,14,18H,7-10,13H2,1-2H3,(H,21,24). The van der Waals surface area contributed by atoms with Gasteiger partial charge in [0.15, 0.2) is 0 Å². The number of carbonyl (C=O) groups excluding carboxylic acids is 1. The van der Waals surface area contributed by atoms with Crippen LogP contribution in [-0.4, -0.2) is 42.5 Å². The lowest BCUT2D eigenvalue weighted by Gasteiger charge is -2.36. The maximum Gasteiger partial charge on any atom is 0.282 e. The second-order valence-corrected chi connectivity index (χ2v) is 8.08. The average Bonchev–Trinajstić information content (AvgIpc) is 3.23. The maximum atomic E-state index is 12.8. The highest BCUT2D eigenvalue weighted by molar-refractivity contribution is 7.10. The van der Waals surface area contributed by atoms with Crippen molar-refractivity contribution in [3.63, 3.8) is 0 Å². The van der Waals surface area contributed by atoms with E-state index in [0.29, 0.717) is 18.2 Å². The van der Waals surface area contributed by atoms with Crippen LogP contribution in [0.25, 0.3) is 0 Å². The first-order chi connectivity index (χ1) is 13.5. The molecule has 1 unspecified atom stereocenters. The number of nitrogens with zero attached hydrogens (tertiary/aromatic N) is 2. The molecule has 1 aromatic carbocycles. The van der Waals surface area contributed by atoms with Gasteiger partial charge in [0.2, 0.25) is 0 Å². The predicted molar refractivity (Wildman–Crippen MR) is 109 cm³/mol. The number of carbonyl (C=O) groups is 1. The van der Waals surface area contributed by atoms with Gasteiger partial charge in [-0.1, -0.05) is 13.0 Å². The van der Waals surface area contributed by atoms with Gasteiger partial charge in [-0.2, -0.15) is 0 Å². The Morgan fingerprint density at radius 2 is 2.14 bits per heavy atom. The van der Waals surface area contributed by atoms with Crippen molar-refractivity contribution in [1.82, 2.24) is 10.2 Å². The Bertz CT molecular complexity index is 817. The Morgan fingerprint density at radius 1 is 1.39 bits per heavy atom. The summed E-state index contributed by atoms with van der Waals surface area (Å²) in [5.74, 6) is 0.669. The number of benzene rings is 1. The van der Waals surface area contributed by atoms with Gasteiger partial charge >= 0.3 is 0 Å². The van der Waals surface area contributed by atoms with Gasteiger partial charge in [-0.3, -0.25) is 19.8 Å². The highest BCUT2D eigenvalue weighted by Gasteiger charge is 2.27. The molecular weight excluding hydrogens is 378 g/mol. The lowest BCUT2D eigenvalue weighted by Crippen LogP contribution is -2.41. The number of hydrogen-bond acceptors (Lipinski definition) is 6. The third kappa shape index (κ3) is 4.69. The highest BCUT2D eigenvalue weighted by atomic mass is 32.1. The summed E-state index contributed by atoms with van der Waals surface area (Å²) in [6.07, 6.45) is 2.27. The molecule has 3 rings (SSSR count). The molecule has 0 bridgehead atoms. The second kappa shape index (κ2) is 9.16. The molecule has 2 heterocycles. The van der Waals surface area contributed by atoms with Crippen LogP contribution in [0.5, 0.6) is 5.75 Å². The number of nitro benzene ring substituents is 1. The molecule has 2 aromatic rings. The van der Waals surface area contributed by atoms with Crippen molar-refractivity contribution in [2.24, 2.45) is 5.92 Å². The molecule has 1 N–H and O–H groups in total. The van der Waals surface area contributed by atoms with Crippen LogP contribution >= 0.6 is 11.3 Å². The quantitative estimate of drug-likeness (QED) is 0.560. The third-order valence-corrected chi connectivity index (χ3v) is 6.21. The number of methoxy groups -OCH3 is 1. The Balaban J connectivity index is 1.76. The number of thiophene rings is 1. The topological polar surface area (TPSA) is 84.7 Å². The van der Waals surface area contributed by atoms with E-state index in [9.17, 15) is 14.9 Å². The van der Waals surface area contributed by atoms with E-state index < -0.39 is 10.8 Å². The number of ether oxygens (including phenoxy) is 1. The minimum atomic E-state index is -0.545. The molecule has 0 spiro atoms. The lowest BCUT2D eigenvalue weighted by atomic mass is 9.97. The van der Waals surface area contributed by atoms with Crippen molar-refractivity contribution in [3.05, 3.63) is 56.3 Å². The fourth-order valence-electron chi connectivity index (χ4n) is 3.50. The molecule has 0 saturated carbocycles. The van der Waals surface area contributed by atoms with E-state index in [1.54, 1.807) is 11.3 Å². The number of piperidine rings is 1. The van der Waals surface area contributed by atoms with Crippen LogP contribution in [-0.2, 0) is 0 Å². The summed E-state index contributed by atoms with van der Waals surface area (Å²) in [7, 11) is 1.47. The molecule has 1 amide bonds. The molecule has 28 heavy (non-hydrogen) atoms. The van der Waals surface area contributed by atoms with Gasteiger partial charge in [0.05, 0.1) is 18.1 Å². The van der Waals surface area contributed by atoms with Crippen molar-refractivity contribution < 1.29 is 14.5 Å². The van der Waals surface area contributed by atoms with E-state index in [1.165, 1.54) is 30.2 Å². The van der Waals surface area contributed by atoms with Gasteiger partial charge in [-0.25, -0.2) is 0 Å². The van der Waals surface area contributed by atoms with Gasteiger partial charge < -0.3 is 10.1 Å². The number of likely N-dealkylation sites (tertiary alicyclic amines) is 1. The zero-order valence-corrected chi connectivity index (χ0v) is 16.9. The summed E-state index contributed by atoms with van der Waals surface area (Å²) in [6.45, 7) is 4.64. The van der Waals surface area contributed by atoms with Crippen LogP contribution in [0.3, 0.4) is 0 Å². The van der Waals surface area contributed by atoms with Crippen molar-refractivity contribution in [1.29, 1.82) is 0 Å². The molecule has 1 fully saturated rings. The molecule has 0 radical (unpaired) electrons. The number of nitrogens with one attached hydrogen (secondary N) is 1. The molecular formula is C20H25N3O4S. The van der Waals surface area contributed by atoms with E-state index >= 15 is 0 Å². The summed E-state index contributed by atoms with van der Waals surface area (Å²) in [6, 6.07) is 8.35. The van der Waals surface area contributed by atoms with Gasteiger partial charge in [-0.15, -0.1) is 11.3 Å². The molecule has 1 atom stereocenters. The van der Waals surface area contributed by atoms with Crippen LogP contribution < -0.4 is 10.1 Å². The lowest BCUT2D eigenvalue weighted by molar-refractivity contribution is -0.385. The summed E-state index contributed by atoms with van der Waals surface area (Å²) >= 11 is 1.67. The van der Waals surface area contributed by atoms with E-state index in [4.69, 9.17) is 4.74 Å². The minimum Gasteiger partial charge on any atom is -0.497 e. The molecule has 150 valence electrons. The third-order valence-electron chi connectivity index (χ3n) is 5.23. The molecule has 1 aliphatic rings. The van der Waals surface area contributed by atoms with E-state index in [2.05, 4.69) is 23.2 Å². The summed E-state index contributed by atoms with van der Waals surface area (Å²) in [5.41, 5.74) is -0.209. The number of nitro groups is 1. The number of rotatable bonds is 7. The van der Waals surface area contributed by atoms with Gasteiger partial charge in [0, 0.05) is 17.5 Å². The van der Waals surface area contributed by atoms with Crippen LogP contribution in [0, 0.1) is 16.0 Å². The molecule has 1 saturated heterocycles. The van der Waals surface area contributed by atoms with Crippen molar-refractivity contribution in [2.75, 3.05) is 26.7 Å². The monoisotopic (exact) mass is 403 g/mol. The smallest absolute Gasteiger partial charge is 0.282 e. The first-order valence-corrected chi connectivity index (χ1v) is 10.3. The molecule has 8 heteroatoms. The molecule has 7 nitrogen and oxygen atoms in total. The molecule has 1 aliphatic heterocycles. The van der Waals surface area contributed by atoms with Crippen molar-refractivity contribution >= 4 is 22.9 Å². The zero-order chi connectivity index (χ0) is 20.1. The summed E-state index contributed by atoms with van der Waals surface area (Å²) < 4.78 is 5.12. The average molecular weight is 404 g/mol. The van der Waals surface area contributed by atoms with Crippen LogP contribution in [0.4, 0.5) is 5.69 Å². The molecule has 1 aromatic heterocycles. The van der Waals surface area contributed by atoms with Gasteiger partial charge in [0.25, 0.3) is 11.6 Å². The largest absolute Gasteiger partial charge is 0.497 e. The van der Waals surface area contributed by atoms with E-state index in [1.807, 2.05) is 11.4 Å². The SMILES string of the molecule is COc1ccc([N+](=O)[O-])c(C(=O)NCC(c2cccs2)N2CCC(C)CC2)c1. The van der Waals surface area contributed by atoms with Crippen molar-refractivity contribution in [3.8, 4) is 5.75 Å². The van der Waals surface area contributed by atoms with Crippen LogP contribution in [0.1, 0.15) is 41.0 Å². The van der Waals surface area contributed by atoms with Gasteiger partial charge in [-0.05, 0) is 55.4 Å². The highest BCUT2D eigenvalue weighted by Crippen LogP contribution is 2.29. The second-order valence-electron chi connectivity index (χ2n) is 7.10. The van der Waals surface area contributed by atoms with E-state index in [-0.39, 0.29) is 17.3 Å². The summed E-state index contributed by atoms with van der Waals surface area (Å²) in [5, 5.41) is 16.2. The predicted octanol–water partition coefficient (Wildman–Crippen LogP) is 3.87. The van der Waals surface area contributed by atoms with Crippen LogP contribution in [0.2, 0.25) is 0 Å². The van der Waals surface area contributed by atoms with Crippen molar-refractivity contribution in [2.45, 2.75) is 25.8 Å². The number of hydrogen-bond donors (Lipinski definition) is 1. The Labute approximate surface area is 168 Å². The Morgan fingerprint density at radius 3 is 2.75 bits per heavy atom. The normalized spacial score (nSPS) is 16.5. The number of amides is 1.